The zero-order valence-corrected chi connectivity index (χ0v) is 14.5. The number of rotatable bonds is 2. The van der Waals surface area contributed by atoms with Gasteiger partial charge in [0.1, 0.15) is 0 Å². The van der Waals surface area contributed by atoms with E-state index < -0.39 is 5.60 Å². The van der Waals surface area contributed by atoms with E-state index in [2.05, 4.69) is 31.1 Å². The van der Waals surface area contributed by atoms with E-state index in [4.69, 9.17) is 4.74 Å². The highest BCUT2D eigenvalue weighted by molar-refractivity contribution is 7.14. The largest absolute Gasteiger partial charge is 0.362 e. The number of hydrogen-bond acceptors (Lipinski definition) is 5. The van der Waals surface area contributed by atoms with Gasteiger partial charge in [0.2, 0.25) is 5.91 Å². The summed E-state index contributed by atoms with van der Waals surface area (Å²) in [6.45, 7) is 10.6. The molecule has 6 nitrogen and oxygen atoms in total. The molecule has 2 heterocycles. The van der Waals surface area contributed by atoms with Crippen LogP contribution in [-0.2, 0) is 19.7 Å². The van der Waals surface area contributed by atoms with E-state index in [1.54, 1.807) is 11.8 Å². The Bertz CT molecular complexity index is 579. The van der Waals surface area contributed by atoms with Gasteiger partial charge in [-0.25, -0.2) is 4.98 Å². The maximum atomic E-state index is 12.5. The molecule has 122 valence electrons. The molecule has 22 heavy (non-hydrogen) atoms. The topological polar surface area (TPSA) is 71.5 Å². The number of morpholine rings is 1. The van der Waals surface area contributed by atoms with Crippen molar-refractivity contribution in [3.8, 4) is 0 Å². The first kappa shape index (κ1) is 16.9. The van der Waals surface area contributed by atoms with Gasteiger partial charge in [-0.15, -0.1) is 11.3 Å². The van der Waals surface area contributed by atoms with Crippen molar-refractivity contribution in [1.82, 2.24) is 9.88 Å². The van der Waals surface area contributed by atoms with E-state index in [-0.39, 0.29) is 23.8 Å². The summed E-state index contributed by atoms with van der Waals surface area (Å²) in [5.41, 5.74) is -0.166. The summed E-state index contributed by atoms with van der Waals surface area (Å²) in [4.78, 5) is 30.1. The molecule has 1 aliphatic rings. The molecule has 1 fully saturated rings. The number of nitrogens with zero attached hydrogens (tertiary/aromatic N) is 2. The number of hydrogen-bond donors (Lipinski definition) is 1. The fourth-order valence-corrected chi connectivity index (χ4v) is 3.11. The summed E-state index contributed by atoms with van der Waals surface area (Å²) in [6, 6.07) is 0. The van der Waals surface area contributed by atoms with Crippen LogP contribution in [0.5, 0.6) is 0 Å². The van der Waals surface area contributed by atoms with E-state index >= 15 is 0 Å². The van der Waals surface area contributed by atoms with Crippen molar-refractivity contribution >= 4 is 28.3 Å². The molecule has 2 amide bonds. The SMILES string of the molecule is CC(=O)N1CCO[C@](C)(C(=O)Nc2nc(C(C)(C)C)cs2)C1. The number of thiazole rings is 1. The molecule has 0 aliphatic carbocycles. The molecule has 0 spiro atoms. The number of carbonyl (C=O) groups is 2. The Hall–Kier alpha value is -1.47. The van der Waals surface area contributed by atoms with Crippen LogP contribution in [0.2, 0.25) is 0 Å². The highest BCUT2D eigenvalue weighted by atomic mass is 32.1. The Morgan fingerprint density at radius 3 is 2.68 bits per heavy atom. The van der Waals surface area contributed by atoms with Gasteiger partial charge >= 0.3 is 0 Å². The summed E-state index contributed by atoms with van der Waals surface area (Å²) in [5.74, 6) is -0.320. The van der Waals surface area contributed by atoms with Gasteiger partial charge in [-0.1, -0.05) is 20.8 Å². The zero-order chi connectivity index (χ0) is 16.5. The van der Waals surface area contributed by atoms with Crippen molar-refractivity contribution in [3.05, 3.63) is 11.1 Å². The summed E-state index contributed by atoms with van der Waals surface area (Å²) in [7, 11) is 0. The summed E-state index contributed by atoms with van der Waals surface area (Å²) in [6.07, 6.45) is 0. The monoisotopic (exact) mass is 325 g/mol. The van der Waals surface area contributed by atoms with Crippen LogP contribution in [0.15, 0.2) is 5.38 Å². The first-order valence-corrected chi connectivity index (χ1v) is 8.17. The number of nitrogens with one attached hydrogen (secondary N) is 1. The maximum absolute atomic E-state index is 12.5. The number of ether oxygens (including phenoxy) is 1. The normalized spacial score (nSPS) is 22.5. The second-order valence-electron chi connectivity index (χ2n) is 6.76. The van der Waals surface area contributed by atoms with Crippen molar-refractivity contribution in [1.29, 1.82) is 0 Å². The Labute approximate surface area is 134 Å². The third kappa shape index (κ3) is 3.64. The van der Waals surface area contributed by atoms with Crippen molar-refractivity contribution < 1.29 is 14.3 Å². The molecule has 0 unspecified atom stereocenters. The van der Waals surface area contributed by atoms with Crippen LogP contribution in [0.4, 0.5) is 5.13 Å². The predicted octanol–water partition coefficient (Wildman–Crippen LogP) is 2.02. The highest BCUT2D eigenvalue weighted by Gasteiger charge is 2.40. The van der Waals surface area contributed by atoms with Crippen molar-refractivity contribution in [2.45, 2.75) is 45.6 Å². The van der Waals surface area contributed by atoms with E-state index in [0.29, 0.717) is 18.3 Å². The molecule has 1 saturated heterocycles. The highest BCUT2D eigenvalue weighted by Crippen LogP contribution is 2.27. The van der Waals surface area contributed by atoms with Gasteiger partial charge in [0.05, 0.1) is 18.8 Å². The Kier molecular flexibility index (Phi) is 4.58. The third-order valence-corrected chi connectivity index (χ3v) is 4.45. The predicted molar refractivity (Wildman–Crippen MR) is 86.1 cm³/mol. The van der Waals surface area contributed by atoms with E-state index in [0.717, 1.165) is 5.69 Å². The Balaban J connectivity index is 2.08. The second kappa shape index (κ2) is 5.96. The minimum Gasteiger partial charge on any atom is -0.362 e. The maximum Gasteiger partial charge on any atom is 0.259 e. The molecule has 0 aromatic carbocycles. The van der Waals surface area contributed by atoms with Crippen LogP contribution in [0, 0.1) is 0 Å². The lowest BCUT2D eigenvalue weighted by Gasteiger charge is -2.38. The van der Waals surface area contributed by atoms with Gasteiger partial charge in [0.15, 0.2) is 10.7 Å². The lowest BCUT2D eigenvalue weighted by molar-refractivity contribution is -0.158. The molecule has 1 aromatic heterocycles. The van der Waals surface area contributed by atoms with E-state index in [1.165, 1.54) is 18.3 Å². The molecule has 0 bridgehead atoms. The molecule has 0 saturated carbocycles. The van der Waals surface area contributed by atoms with Crippen LogP contribution in [-0.4, -0.2) is 47.0 Å². The molecule has 1 N–H and O–H groups in total. The van der Waals surface area contributed by atoms with E-state index in [1.807, 2.05) is 5.38 Å². The van der Waals surface area contributed by atoms with Crippen LogP contribution in [0.25, 0.3) is 0 Å². The van der Waals surface area contributed by atoms with Crippen molar-refractivity contribution in [2.75, 3.05) is 25.0 Å². The molecule has 1 aromatic rings. The van der Waals surface area contributed by atoms with Gasteiger partial charge < -0.3 is 9.64 Å². The quantitative estimate of drug-likeness (QED) is 0.903. The minimum absolute atomic E-state index is 0.0495. The fourth-order valence-electron chi connectivity index (χ4n) is 2.18. The van der Waals surface area contributed by atoms with Crippen LogP contribution in [0.3, 0.4) is 0 Å². The average Bonchev–Trinajstić information content (AvgIpc) is 2.87. The van der Waals surface area contributed by atoms with Crippen LogP contribution in [0.1, 0.15) is 40.3 Å². The minimum atomic E-state index is -1.04. The lowest BCUT2D eigenvalue weighted by atomic mass is 9.93. The standard InChI is InChI=1S/C15H23N3O3S/c1-10(19)18-6-7-21-15(5,9-18)12(20)17-13-16-11(8-22-13)14(2,3)4/h8H,6-7,9H2,1-5H3,(H,16,17,20)/t15-/m0/s1. The van der Waals surface area contributed by atoms with E-state index in [9.17, 15) is 9.59 Å². The summed E-state index contributed by atoms with van der Waals surface area (Å²) < 4.78 is 5.62. The third-order valence-electron chi connectivity index (χ3n) is 3.69. The first-order valence-electron chi connectivity index (χ1n) is 7.29. The van der Waals surface area contributed by atoms with Gasteiger partial charge in [-0.3, -0.25) is 14.9 Å². The van der Waals surface area contributed by atoms with Crippen molar-refractivity contribution in [3.63, 3.8) is 0 Å². The van der Waals surface area contributed by atoms with Gasteiger partial charge in [-0.2, -0.15) is 0 Å². The van der Waals surface area contributed by atoms with Gasteiger partial charge in [-0.05, 0) is 6.92 Å². The van der Waals surface area contributed by atoms with Gasteiger partial charge in [0, 0.05) is 24.3 Å². The summed E-state index contributed by atoms with van der Waals surface area (Å²) in [5, 5.41) is 5.31. The van der Waals surface area contributed by atoms with Crippen LogP contribution < -0.4 is 5.32 Å². The molecule has 1 atom stereocenters. The summed E-state index contributed by atoms with van der Waals surface area (Å²) >= 11 is 1.40. The number of aromatic nitrogens is 1. The molecule has 7 heteroatoms. The van der Waals surface area contributed by atoms with Crippen LogP contribution >= 0.6 is 11.3 Å². The number of anilines is 1. The molecule has 2 rings (SSSR count). The zero-order valence-electron chi connectivity index (χ0n) is 13.7. The Morgan fingerprint density at radius 2 is 2.14 bits per heavy atom. The Morgan fingerprint density at radius 1 is 1.45 bits per heavy atom. The molecule has 1 aliphatic heterocycles. The number of carbonyl (C=O) groups excluding carboxylic acids is 2. The number of amides is 2. The molecule has 0 radical (unpaired) electrons. The first-order chi connectivity index (χ1) is 10.1. The van der Waals surface area contributed by atoms with Gasteiger partial charge in [0.25, 0.3) is 5.91 Å². The smallest absolute Gasteiger partial charge is 0.259 e. The molecular weight excluding hydrogens is 302 g/mol. The van der Waals surface area contributed by atoms with Crippen molar-refractivity contribution in [2.24, 2.45) is 0 Å². The fraction of sp³-hybridized carbons (Fsp3) is 0.667. The average molecular weight is 325 g/mol. The second-order valence-corrected chi connectivity index (χ2v) is 7.62. The lowest BCUT2D eigenvalue weighted by Crippen LogP contribution is -2.57. The molecular formula is C15H23N3O3S.